The molecule has 1 aromatic carbocycles. The van der Waals surface area contributed by atoms with Crippen LogP contribution >= 0.6 is 0 Å². The highest BCUT2D eigenvalue weighted by atomic mass is 16.5. The highest BCUT2D eigenvalue weighted by Crippen LogP contribution is 2.34. The van der Waals surface area contributed by atoms with Gasteiger partial charge in [0.25, 0.3) is 0 Å². The van der Waals surface area contributed by atoms with E-state index in [0.717, 1.165) is 12.8 Å². The Hall–Kier alpha value is -1.59. The molecule has 1 aliphatic carbocycles. The summed E-state index contributed by atoms with van der Waals surface area (Å²) in [7, 11) is 4.18. The molecule has 0 saturated heterocycles. The number of rotatable bonds is 3. The number of fused-ring (bicyclic) bond motifs is 1. The van der Waals surface area contributed by atoms with Gasteiger partial charge in [-0.2, -0.15) is 0 Å². The maximum absolute atomic E-state index is 9.17. The lowest BCUT2D eigenvalue weighted by molar-refractivity contribution is 0.303. The van der Waals surface area contributed by atoms with Gasteiger partial charge in [0.15, 0.2) is 0 Å². The molecule has 98 valence electrons. The lowest BCUT2D eigenvalue weighted by Crippen LogP contribution is -2.27. The SMILES string of the molecule is CC(N)=Nc1cc2c(cc1NO)CC(N(C)C)C2. The van der Waals surface area contributed by atoms with Gasteiger partial charge in [-0.1, -0.05) is 0 Å². The summed E-state index contributed by atoms with van der Waals surface area (Å²) in [5.74, 6) is 0.480. The van der Waals surface area contributed by atoms with Gasteiger partial charge in [0.2, 0.25) is 0 Å². The van der Waals surface area contributed by atoms with Gasteiger partial charge in [0, 0.05) is 6.04 Å². The molecule has 0 saturated carbocycles. The van der Waals surface area contributed by atoms with Crippen LogP contribution < -0.4 is 11.2 Å². The van der Waals surface area contributed by atoms with Crippen molar-refractivity contribution in [2.45, 2.75) is 25.8 Å². The number of likely N-dealkylation sites (N-methyl/N-ethyl adjacent to an activating group) is 1. The number of nitrogens with zero attached hydrogens (tertiary/aromatic N) is 2. The highest BCUT2D eigenvalue weighted by molar-refractivity contribution is 5.83. The summed E-state index contributed by atoms with van der Waals surface area (Å²) in [6, 6.07) is 4.48. The smallest absolute Gasteiger partial charge is 0.0965 e. The first-order valence-electron chi connectivity index (χ1n) is 6.04. The van der Waals surface area contributed by atoms with Crippen molar-refractivity contribution in [3.05, 3.63) is 23.3 Å². The summed E-state index contributed by atoms with van der Waals surface area (Å²) >= 11 is 0. The first-order chi connectivity index (χ1) is 8.51. The fraction of sp³-hybridized carbons (Fsp3) is 0.462. The minimum Gasteiger partial charge on any atom is -0.387 e. The number of nitrogens with one attached hydrogen (secondary N) is 1. The first-order valence-corrected chi connectivity index (χ1v) is 6.04. The van der Waals surface area contributed by atoms with E-state index in [1.165, 1.54) is 11.1 Å². The number of nitrogens with two attached hydrogens (primary N) is 1. The Bertz CT molecular complexity index is 478. The van der Waals surface area contributed by atoms with Gasteiger partial charge in [-0.3, -0.25) is 10.7 Å². The van der Waals surface area contributed by atoms with E-state index in [1.807, 2.05) is 12.1 Å². The van der Waals surface area contributed by atoms with Crippen molar-refractivity contribution in [1.82, 2.24) is 4.90 Å². The van der Waals surface area contributed by atoms with Crippen LogP contribution in [0.15, 0.2) is 17.1 Å². The Kier molecular flexibility index (Phi) is 3.54. The summed E-state index contributed by atoms with van der Waals surface area (Å²) in [5, 5.41) is 9.17. The van der Waals surface area contributed by atoms with Crippen molar-refractivity contribution in [3.8, 4) is 0 Å². The second kappa shape index (κ2) is 4.96. The predicted molar refractivity (Wildman–Crippen MR) is 73.7 cm³/mol. The van der Waals surface area contributed by atoms with E-state index >= 15 is 0 Å². The fourth-order valence-electron chi connectivity index (χ4n) is 2.37. The Morgan fingerprint density at radius 2 is 2.00 bits per heavy atom. The molecule has 0 heterocycles. The van der Waals surface area contributed by atoms with E-state index in [9.17, 15) is 0 Å². The van der Waals surface area contributed by atoms with Crippen LogP contribution in [-0.2, 0) is 12.8 Å². The third-order valence-electron chi connectivity index (χ3n) is 3.38. The van der Waals surface area contributed by atoms with Gasteiger partial charge in [0.05, 0.1) is 17.2 Å². The molecule has 0 bridgehead atoms. The molecule has 4 N–H and O–H groups in total. The molecule has 5 nitrogen and oxygen atoms in total. The van der Waals surface area contributed by atoms with Gasteiger partial charge in [-0.15, -0.1) is 0 Å². The maximum Gasteiger partial charge on any atom is 0.0965 e. The van der Waals surface area contributed by atoms with Crippen LogP contribution in [0.2, 0.25) is 0 Å². The first kappa shape index (κ1) is 12.9. The molecule has 0 spiro atoms. The second-order valence-electron chi connectivity index (χ2n) is 5.03. The van der Waals surface area contributed by atoms with Crippen molar-refractivity contribution >= 4 is 17.2 Å². The van der Waals surface area contributed by atoms with E-state index < -0.39 is 0 Å². The number of hydrogen-bond donors (Lipinski definition) is 3. The standard InChI is InChI=1S/C13H20N4O/c1-8(14)15-12-6-9-4-11(17(2)3)5-10(9)7-13(12)16-18/h6-7,11,16,18H,4-5H2,1-3H3,(H2,14,15). The zero-order chi connectivity index (χ0) is 13.3. The molecule has 1 aliphatic rings. The minimum atomic E-state index is 0.480. The molecule has 1 atom stereocenters. The Morgan fingerprint density at radius 3 is 2.50 bits per heavy atom. The van der Waals surface area contributed by atoms with Crippen LogP contribution in [0.4, 0.5) is 11.4 Å². The molecule has 18 heavy (non-hydrogen) atoms. The van der Waals surface area contributed by atoms with Crippen LogP contribution in [0.5, 0.6) is 0 Å². The Morgan fingerprint density at radius 1 is 1.39 bits per heavy atom. The van der Waals surface area contributed by atoms with Crippen LogP contribution in [0, 0.1) is 0 Å². The highest BCUT2D eigenvalue weighted by Gasteiger charge is 2.24. The third kappa shape index (κ3) is 2.47. The van der Waals surface area contributed by atoms with Crippen LogP contribution in [0.25, 0.3) is 0 Å². The molecule has 1 unspecified atom stereocenters. The van der Waals surface area contributed by atoms with Crippen molar-refractivity contribution < 1.29 is 5.21 Å². The molecule has 0 aliphatic heterocycles. The van der Waals surface area contributed by atoms with E-state index in [1.54, 1.807) is 6.92 Å². The Labute approximate surface area is 107 Å². The molecular formula is C13H20N4O. The average molecular weight is 248 g/mol. The van der Waals surface area contributed by atoms with E-state index in [2.05, 4.69) is 29.5 Å². The van der Waals surface area contributed by atoms with E-state index in [4.69, 9.17) is 10.9 Å². The van der Waals surface area contributed by atoms with Crippen LogP contribution in [-0.4, -0.2) is 36.1 Å². The van der Waals surface area contributed by atoms with Crippen LogP contribution in [0.1, 0.15) is 18.1 Å². The predicted octanol–water partition coefficient (Wildman–Crippen LogP) is 1.53. The lowest BCUT2D eigenvalue weighted by atomic mass is 10.1. The maximum atomic E-state index is 9.17. The van der Waals surface area contributed by atoms with Crippen molar-refractivity contribution in [1.29, 1.82) is 0 Å². The summed E-state index contributed by atoms with van der Waals surface area (Å²) in [5.41, 5.74) is 11.6. The number of aliphatic imine (C=N–C) groups is 1. The molecule has 0 fully saturated rings. The molecule has 1 aromatic rings. The van der Waals surface area contributed by atoms with E-state index in [-0.39, 0.29) is 0 Å². The topological polar surface area (TPSA) is 73.9 Å². The number of hydrogen-bond acceptors (Lipinski definition) is 4. The minimum absolute atomic E-state index is 0.480. The fourth-order valence-corrected chi connectivity index (χ4v) is 2.37. The van der Waals surface area contributed by atoms with Crippen molar-refractivity contribution in [2.75, 3.05) is 19.6 Å². The number of benzene rings is 1. The monoisotopic (exact) mass is 248 g/mol. The molecule has 0 radical (unpaired) electrons. The molecule has 0 aromatic heterocycles. The molecular weight excluding hydrogens is 228 g/mol. The van der Waals surface area contributed by atoms with Crippen molar-refractivity contribution in [3.63, 3.8) is 0 Å². The molecule has 0 amide bonds. The Balaban J connectivity index is 2.38. The summed E-state index contributed by atoms with van der Waals surface area (Å²) < 4.78 is 0. The van der Waals surface area contributed by atoms with Gasteiger partial charge in [-0.05, 0) is 57.1 Å². The summed E-state index contributed by atoms with van der Waals surface area (Å²) in [4.78, 5) is 6.46. The van der Waals surface area contributed by atoms with Gasteiger partial charge in [-0.25, -0.2) is 4.99 Å². The normalized spacial score (nSPS) is 19.2. The third-order valence-corrected chi connectivity index (χ3v) is 3.38. The number of amidine groups is 1. The zero-order valence-corrected chi connectivity index (χ0v) is 11.1. The van der Waals surface area contributed by atoms with Crippen molar-refractivity contribution in [2.24, 2.45) is 10.7 Å². The number of anilines is 1. The van der Waals surface area contributed by atoms with Gasteiger partial charge in [0.1, 0.15) is 0 Å². The molecule has 2 rings (SSSR count). The second-order valence-corrected chi connectivity index (χ2v) is 5.03. The quantitative estimate of drug-likeness (QED) is 0.431. The lowest BCUT2D eigenvalue weighted by Gasteiger charge is -2.17. The largest absolute Gasteiger partial charge is 0.387 e. The summed E-state index contributed by atoms with van der Waals surface area (Å²) in [6.07, 6.45) is 2.02. The molecule has 5 heteroatoms. The van der Waals surface area contributed by atoms with Gasteiger partial charge < -0.3 is 10.6 Å². The van der Waals surface area contributed by atoms with Gasteiger partial charge >= 0.3 is 0 Å². The average Bonchev–Trinajstić information content (AvgIpc) is 2.70. The van der Waals surface area contributed by atoms with Crippen LogP contribution in [0.3, 0.4) is 0 Å². The van der Waals surface area contributed by atoms with E-state index in [0.29, 0.717) is 23.3 Å². The summed E-state index contributed by atoms with van der Waals surface area (Å²) in [6.45, 7) is 1.73. The zero-order valence-electron chi connectivity index (χ0n) is 11.1.